The molecule has 2 atom stereocenters. The molecule has 1 aromatic carbocycles. The second-order valence-electron chi connectivity index (χ2n) is 7.67. The van der Waals surface area contributed by atoms with E-state index in [-0.39, 0.29) is 24.1 Å². The number of rotatable bonds is 5. The fraction of sp³-hybridized carbons (Fsp3) is 0.550. The Morgan fingerprint density at radius 1 is 1.22 bits per heavy atom. The van der Waals surface area contributed by atoms with Crippen LogP contribution in [0.3, 0.4) is 0 Å². The van der Waals surface area contributed by atoms with Gasteiger partial charge in [0.25, 0.3) is 5.91 Å². The molecule has 3 amide bonds. The molecule has 0 saturated carbocycles. The number of hydrogen-bond donors (Lipinski definition) is 2. The predicted octanol–water partition coefficient (Wildman–Crippen LogP) is 0.631. The second-order valence-corrected chi connectivity index (χ2v) is 7.67. The van der Waals surface area contributed by atoms with Crippen LogP contribution < -0.4 is 10.6 Å². The van der Waals surface area contributed by atoms with Gasteiger partial charge in [-0.15, -0.1) is 0 Å². The molecule has 1 unspecified atom stereocenters. The van der Waals surface area contributed by atoms with Gasteiger partial charge in [0.2, 0.25) is 11.8 Å². The summed E-state index contributed by atoms with van der Waals surface area (Å²) in [6.45, 7) is 3.31. The Hall–Kier alpha value is -2.25. The van der Waals surface area contributed by atoms with E-state index in [0.29, 0.717) is 24.6 Å². The monoisotopic (exact) mass is 370 g/mol. The van der Waals surface area contributed by atoms with Crippen LogP contribution in [0.2, 0.25) is 0 Å². The van der Waals surface area contributed by atoms with Gasteiger partial charge in [0.1, 0.15) is 6.04 Å². The van der Waals surface area contributed by atoms with Crippen molar-refractivity contribution in [1.82, 2.24) is 20.4 Å². The molecule has 27 heavy (non-hydrogen) atoms. The van der Waals surface area contributed by atoms with E-state index in [1.165, 1.54) is 18.4 Å². The molecular formula is C20H26N4O3. The van der Waals surface area contributed by atoms with E-state index in [9.17, 15) is 14.4 Å². The van der Waals surface area contributed by atoms with Gasteiger partial charge in [-0.2, -0.15) is 0 Å². The lowest BCUT2D eigenvalue weighted by atomic mass is 10.0. The number of amides is 3. The van der Waals surface area contributed by atoms with Crippen molar-refractivity contribution in [3.8, 4) is 0 Å². The quantitative estimate of drug-likeness (QED) is 0.743. The van der Waals surface area contributed by atoms with Gasteiger partial charge in [-0.25, -0.2) is 0 Å². The SMILES string of the molecule is CNC[C@@H]1CCCN1Cc1cccc2c1CN(C1CCC(=O)NC1=O)C2=O. The molecule has 7 heteroatoms. The van der Waals surface area contributed by atoms with Crippen LogP contribution >= 0.6 is 0 Å². The Balaban J connectivity index is 1.54. The maximum atomic E-state index is 12.9. The van der Waals surface area contributed by atoms with Crippen molar-refractivity contribution in [2.24, 2.45) is 0 Å². The third kappa shape index (κ3) is 3.37. The number of carbonyl (C=O) groups is 3. The van der Waals surface area contributed by atoms with Gasteiger partial charge in [-0.3, -0.25) is 24.6 Å². The average Bonchev–Trinajstić information content (AvgIpc) is 3.21. The minimum absolute atomic E-state index is 0.102. The first-order valence-corrected chi connectivity index (χ1v) is 9.72. The number of nitrogens with zero attached hydrogens (tertiary/aromatic N) is 2. The van der Waals surface area contributed by atoms with Crippen LogP contribution in [0.25, 0.3) is 0 Å². The fourth-order valence-corrected chi connectivity index (χ4v) is 4.59. The number of piperidine rings is 1. The Morgan fingerprint density at radius 3 is 2.85 bits per heavy atom. The third-order valence-corrected chi connectivity index (χ3v) is 5.99. The van der Waals surface area contributed by atoms with E-state index in [4.69, 9.17) is 0 Å². The number of nitrogens with one attached hydrogen (secondary N) is 2. The summed E-state index contributed by atoms with van der Waals surface area (Å²) >= 11 is 0. The molecule has 7 nitrogen and oxygen atoms in total. The summed E-state index contributed by atoms with van der Waals surface area (Å²) in [6.07, 6.45) is 3.07. The molecule has 0 aliphatic carbocycles. The number of carbonyl (C=O) groups excluding carboxylic acids is 3. The maximum absolute atomic E-state index is 12.9. The molecule has 2 saturated heterocycles. The zero-order valence-corrected chi connectivity index (χ0v) is 15.7. The molecule has 2 N–H and O–H groups in total. The topological polar surface area (TPSA) is 81.8 Å². The Kier molecular flexibility index (Phi) is 4.97. The first kappa shape index (κ1) is 18.1. The summed E-state index contributed by atoms with van der Waals surface area (Å²) in [5.41, 5.74) is 2.89. The molecule has 1 aromatic rings. The molecule has 0 spiro atoms. The van der Waals surface area contributed by atoms with Crippen molar-refractivity contribution >= 4 is 17.7 Å². The van der Waals surface area contributed by atoms with Gasteiger partial charge < -0.3 is 10.2 Å². The van der Waals surface area contributed by atoms with E-state index in [1.807, 2.05) is 19.2 Å². The van der Waals surface area contributed by atoms with E-state index in [0.717, 1.165) is 25.2 Å². The number of imide groups is 1. The highest BCUT2D eigenvalue weighted by atomic mass is 16.2. The standard InChI is InChI=1S/C20H26N4O3/c1-21-10-14-5-3-9-23(14)11-13-4-2-6-15-16(13)12-24(20(15)27)17-7-8-18(25)22-19(17)26/h2,4,6,14,17,21H,3,5,7-12H2,1H3,(H,22,25,26)/t14-,17?/m0/s1. The normalized spacial score (nSPS) is 25.8. The minimum Gasteiger partial charge on any atom is -0.322 e. The molecule has 3 aliphatic heterocycles. The van der Waals surface area contributed by atoms with Gasteiger partial charge >= 0.3 is 0 Å². The molecule has 144 valence electrons. The van der Waals surface area contributed by atoms with Crippen LogP contribution in [0.1, 0.15) is 47.2 Å². The van der Waals surface area contributed by atoms with Crippen LogP contribution in [0.4, 0.5) is 0 Å². The number of hydrogen-bond acceptors (Lipinski definition) is 5. The first-order chi connectivity index (χ1) is 13.1. The molecule has 0 bridgehead atoms. The van der Waals surface area contributed by atoms with E-state index in [1.54, 1.807) is 4.90 Å². The van der Waals surface area contributed by atoms with Crippen LogP contribution in [-0.2, 0) is 22.7 Å². The number of benzene rings is 1. The number of fused-ring (bicyclic) bond motifs is 1. The predicted molar refractivity (Wildman–Crippen MR) is 99.8 cm³/mol. The lowest BCUT2D eigenvalue weighted by Crippen LogP contribution is -2.52. The highest BCUT2D eigenvalue weighted by molar-refractivity contribution is 6.05. The summed E-state index contributed by atoms with van der Waals surface area (Å²) in [7, 11) is 1.98. The zero-order valence-electron chi connectivity index (χ0n) is 15.7. The van der Waals surface area contributed by atoms with Gasteiger partial charge in [-0.1, -0.05) is 12.1 Å². The summed E-state index contributed by atoms with van der Waals surface area (Å²) in [5, 5.41) is 5.63. The van der Waals surface area contributed by atoms with Gasteiger partial charge in [0.15, 0.2) is 0 Å². The van der Waals surface area contributed by atoms with Crippen molar-refractivity contribution in [2.45, 2.75) is 50.9 Å². The molecule has 4 rings (SSSR count). The Labute approximate surface area is 159 Å². The Morgan fingerprint density at radius 2 is 2.07 bits per heavy atom. The highest BCUT2D eigenvalue weighted by Gasteiger charge is 2.40. The molecule has 3 heterocycles. The van der Waals surface area contributed by atoms with E-state index < -0.39 is 6.04 Å². The molecule has 2 fully saturated rings. The summed E-state index contributed by atoms with van der Waals surface area (Å²) in [4.78, 5) is 40.7. The van der Waals surface area contributed by atoms with Crippen molar-refractivity contribution in [3.05, 3.63) is 34.9 Å². The van der Waals surface area contributed by atoms with Crippen molar-refractivity contribution in [3.63, 3.8) is 0 Å². The van der Waals surface area contributed by atoms with E-state index in [2.05, 4.69) is 21.6 Å². The second kappa shape index (κ2) is 7.40. The molecular weight excluding hydrogens is 344 g/mol. The summed E-state index contributed by atoms with van der Waals surface area (Å²) in [6, 6.07) is 5.84. The van der Waals surface area contributed by atoms with Crippen LogP contribution in [0.5, 0.6) is 0 Å². The van der Waals surface area contributed by atoms with Gasteiger partial charge in [-0.05, 0) is 50.0 Å². The van der Waals surface area contributed by atoms with Crippen LogP contribution in [-0.4, -0.2) is 59.7 Å². The van der Waals surface area contributed by atoms with Crippen LogP contribution in [0.15, 0.2) is 18.2 Å². The minimum atomic E-state index is -0.556. The Bertz CT molecular complexity index is 778. The number of likely N-dealkylation sites (tertiary alicyclic amines) is 1. The van der Waals surface area contributed by atoms with Gasteiger partial charge in [0.05, 0.1) is 0 Å². The lowest BCUT2D eigenvalue weighted by Gasteiger charge is -2.29. The fourth-order valence-electron chi connectivity index (χ4n) is 4.59. The largest absolute Gasteiger partial charge is 0.322 e. The van der Waals surface area contributed by atoms with Crippen LogP contribution in [0, 0.1) is 0 Å². The third-order valence-electron chi connectivity index (χ3n) is 5.99. The summed E-state index contributed by atoms with van der Waals surface area (Å²) in [5.74, 6) is -0.720. The average molecular weight is 370 g/mol. The zero-order chi connectivity index (χ0) is 19.0. The molecule has 0 radical (unpaired) electrons. The first-order valence-electron chi connectivity index (χ1n) is 9.72. The number of likely N-dealkylation sites (N-methyl/N-ethyl adjacent to an activating group) is 1. The van der Waals surface area contributed by atoms with E-state index >= 15 is 0 Å². The van der Waals surface area contributed by atoms with Crippen molar-refractivity contribution < 1.29 is 14.4 Å². The van der Waals surface area contributed by atoms with Crippen molar-refractivity contribution in [2.75, 3.05) is 20.1 Å². The van der Waals surface area contributed by atoms with Gasteiger partial charge in [0, 0.05) is 37.7 Å². The highest BCUT2D eigenvalue weighted by Crippen LogP contribution is 2.31. The summed E-state index contributed by atoms with van der Waals surface area (Å²) < 4.78 is 0. The molecule has 3 aliphatic rings. The molecule has 0 aromatic heterocycles. The lowest BCUT2D eigenvalue weighted by molar-refractivity contribution is -0.136. The smallest absolute Gasteiger partial charge is 0.255 e. The van der Waals surface area contributed by atoms with Crippen molar-refractivity contribution in [1.29, 1.82) is 0 Å². The maximum Gasteiger partial charge on any atom is 0.255 e.